The molecule has 28 heavy (non-hydrogen) atoms. The summed E-state index contributed by atoms with van der Waals surface area (Å²) in [6, 6.07) is 11.9. The third-order valence-corrected chi connectivity index (χ3v) is 5.60. The number of benzene rings is 1. The number of aryl methyl sites for hydroxylation is 1. The lowest BCUT2D eigenvalue weighted by molar-refractivity contribution is -0.127. The van der Waals surface area contributed by atoms with Crippen molar-refractivity contribution in [3.05, 3.63) is 59.5 Å². The molecule has 1 aromatic carbocycles. The fraction of sp³-hybridized carbons (Fsp3) is 0.478. The molecule has 0 aliphatic carbocycles. The Morgan fingerprint density at radius 2 is 1.82 bits per heavy atom. The average Bonchev–Trinajstić information content (AvgIpc) is 3.26. The largest absolute Gasteiger partial charge is 0.459 e. The molecule has 2 heterocycles. The van der Waals surface area contributed by atoms with E-state index in [0.717, 1.165) is 12.0 Å². The number of carbonyl (C=O) groups excluding carboxylic acids is 2. The zero-order valence-electron chi connectivity index (χ0n) is 17.0. The first kappa shape index (κ1) is 20.2. The molecule has 3 rings (SSSR count). The average molecular weight is 383 g/mol. The van der Waals surface area contributed by atoms with Crippen LogP contribution in [-0.4, -0.2) is 29.8 Å². The van der Waals surface area contributed by atoms with Crippen LogP contribution in [0.4, 0.5) is 0 Å². The molecule has 150 valence electrons. The van der Waals surface area contributed by atoms with Crippen LogP contribution in [0.2, 0.25) is 0 Å². The van der Waals surface area contributed by atoms with E-state index in [9.17, 15) is 9.59 Å². The Balaban J connectivity index is 1.58. The molecular weight excluding hydrogens is 352 g/mol. The maximum atomic E-state index is 12.9. The predicted molar refractivity (Wildman–Crippen MR) is 109 cm³/mol. The van der Waals surface area contributed by atoms with Gasteiger partial charge in [-0.2, -0.15) is 0 Å². The molecule has 5 nitrogen and oxygen atoms in total. The maximum Gasteiger partial charge on any atom is 0.289 e. The number of likely N-dealkylation sites (tertiary alicyclic amines) is 1. The van der Waals surface area contributed by atoms with Crippen LogP contribution in [0.3, 0.4) is 0 Å². The van der Waals surface area contributed by atoms with Crippen molar-refractivity contribution in [2.45, 2.75) is 46.1 Å². The van der Waals surface area contributed by atoms with E-state index >= 15 is 0 Å². The van der Waals surface area contributed by atoms with Gasteiger partial charge in [-0.25, -0.2) is 0 Å². The molecule has 0 saturated carbocycles. The van der Waals surface area contributed by atoms with Gasteiger partial charge in [0.2, 0.25) is 5.91 Å². The van der Waals surface area contributed by atoms with Crippen LogP contribution in [0.25, 0.3) is 0 Å². The summed E-state index contributed by atoms with van der Waals surface area (Å²) in [6.07, 6.45) is 3.87. The number of carbonyl (C=O) groups is 2. The highest BCUT2D eigenvalue weighted by Crippen LogP contribution is 2.25. The Morgan fingerprint density at radius 1 is 1.14 bits per heavy atom. The highest BCUT2D eigenvalue weighted by Gasteiger charge is 2.30. The van der Waals surface area contributed by atoms with Crippen LogP contribution in [0, 0.1) is 11.8 Å². The van der Waals surface area contributed by atoms with Crippen LogP contribution >= 0.6 is 0 Å². The molecule has 1 aromatic heterocycles. The van der Waals surface area contributed by atoms with Gasteiger partial charge in [0.25, 0.3) is 5.91 Å². The number of rotatable bonds is 6. The number of piperidine rings is 1. The van der Waals surface area contributed by atoms with E-state index in [4.69, 9.17) is 4.42 Å². The van der Waals surface area contributed by atoms with Crippen molar-refractivity contribution >= 4 is 11.8 Å². The van der Waals surface area contributed by atoms with E-state index in [0.29, 0.717) is 37.6 Å². The van der Waals surface area contributed by atoms with Gasteiger partial charge in [-0.1, -0.05) is 45.0 Å². The monoisotopic (exact) mass is 382 g/mol. The topological polar surface area (TPSA) is 62.6 Å². The first-order valence-corrected chi connectivity index (χ1v) is 10.2. The third-order valence-electron chi connectivity index (χ3n) is 5.60. The van der Waals surface area contributed by atoms with E-state index in [-0.39, 0.29) is 23.8 Å². The minimum atomic E-state index is -0.0973. The number of nitrogens with zero attached hydrogens (tertiary/aromatic N) is 1. The van der Waals surface area contributed by atoms with Crippen LogP contribution in [0.5, 0.6) is 0 Å². The number of furan rings is 1. The maximum absolute atomic E-state index is 12.9. The smallest absolute Gasteiger partial charge is 0.289 e. The number of nitrogens with one attached hydrogen (secondary N) is 1. The van der Waals surface area contributed by atoms with Gasteiger partial charge in [0.15, 0.2) is 5.76 Å². The van der Waals surface area contributed by atoms with Crippen molar-refractivity contribution in [3.8, 4) is 0 Å². The SMILES string of the molecule is CCc1ccc([C@H](NC(=O)C2CCN(C(=O)c3ccco3)CC2)C(C)C)cc1. The molecule has 2 amide bonds. The highest BCUT2D eigenvalue weighted by molar-refractivity contribution is 5.91. The molecule has 1 fully saturated rings. The van der Waals surface area contributed by atoms with Gasteiger partial charge in [0, 0.05) is 19.0 Å². The molecule has 1 aliphatic heterocycles. The fourth-order valence-electron chi connectivity index (χ4n) is 3.77. The number of hydrogen-bond acceptors (Lipinski definition) is 3. The van der Waals surface area contributed by atoms with E-state index in [2.05, 4.69) is 50.4 Å². The van der Waals surface area contributed by atoms with Gasteiger partial charge < -0.3 is 14.6 Å². The van der Waals surface area contributed by atoms with Gasteiger partial charge >= 0.3 is 0 Å². The van der Waals surface area contributed by atoms with Crippen LogP contribution in [0.15, 0.2) is 47.1 Å². The molecule has 1 saturated heterocycles. The number of hydrogen-bond donors (Lipinski definition) is 1. The van der Waals surface area contributed by atoms with Gasteiger partial charge in [0.05, 0.1) is 12.3 Å². The van der Waals surface area contributed by atoms with Crippen molar-refractivity contribution < 1.29 is 14.0 Å². The molecule has 1 N–H and O–H groups in total. The second-order valence-electron chi connectivity index (χ2n) is 7.87. The summed E-state index contributed by atoms with van der Waals surface area (Å²) >= 11 is 0. The van der Waals surface area contributed by atoms with Crippen molar-refractivity contribution in [1.29, 1.82) is 0 Å². The van der Waals surface area contributed by atoms with Gasteiger partial charge in [-0.3, -0.25) is 9.59 Å². The first-order valence-electron chi connectivity index (χ1n) is 10.2. The quantitative estimate of drug-likeness (QED) is 0.814. The molecule has 0 radical (unpaired) electrons. The summed E-state index contributed by atoms with van der Waals surface area (Å²) in [6.45, 7) is 7.55. The minimum Gasteiger partial charge on any atom is -0.459 e. The highest BCUT2D eigenvalue weighted by atomic mass is 16.3. The Kier molecular flexibility index (Phi) is 6.55. The lowest BCUT2D eigenvalue weighted by atomic mass is 9.91. The Hall–Kier alpha value is -2.56. The van der Waals surface area contributed by atoms with Gasteiger partial charge in [-0.05, 0) is 48.4 Å². The van der Waals surface area contributed by atoms with Crippen molar-refractivity contribution in [1.82, 2.24) is 10.2 Å². The summed E-state index contributed by atoms with van der Waals surface area (Å²) in [5.41, 5.74) is 2.44. The van der Waals surface area contributed by atoms with Crippen LogP contribution < -0.4 is 5.32 Å². The van der Waals surface area contributed by atoms with E-state index < -0.39 is 0 Å². The standard InChI is InChI=1S/C23H30N2O3/c1-4-17-7-9-18(10-8-17)21(16(2)3)24-22(26)19-11-13-25(14-12-19)23(27)20-6-5-15-28-20/h5-10,15-16,19,21H,4,11-14H2,1-3H3,(H,24,26)/t21-/m1/s1. The molecule has 1 atom stereocenters. The Bertz CT molecular complexity index is 773. The Morgan fingerprint density at radius 3 is 2.36 bits per heavy atom. The first-order chi connectivity index (χ1) is 13.5. The molecule has 2 aromatic rings. The lowest BCUT2D eigenvalue weighted by Gasteiger charge is -2.32. The molecule has 5 heteroatoms. The minimum absolute atomic E-state index is 0.00110. The molecular formula is C23H30N2O3. The Labute approximate surface area is 167 Å². The van der Waals surface area contributed by atoms with E-state index in [1.807, 2.05) is 0 Å². The molecule has 0 bridgehead atoms. The second kappa shape index (κ2) is 9.09. The molecule has 0 spiro atoms. The number of amides is 2. The van der Waals surface area contributed by atoms with E-state index in [1.165, 1.54) is 11.8 Å². The third kappa shape index (κ3) is 4.64. The fourth-order valence-corrected chi connectivity index (χ4v) is 3.77. The summed E-state index contributed by atoms with van der Waals surface area (Å²) in [7, 11) is 0. The summed E-state index contributed by atoms with van der Waals surface area (Å²) < 4.78 is 5.20. The van der Waals surface area contributed by atoms with Crippen molar-refractivity contribution in [2.75, 3.05) is 13.1 Å². The van der Waals surface area contributed by atoms with Gasteiger partial charge in [0.1, 0.15) is 0 Å². The normalized spacial score (nSPS) is 16.2. The zero-order chi connectivity index (χ0) is 20.1. The lowest BCUT2D eigenvalue weighted by Crippen LogP contribution is -2.44. The zero-order valence-corrected chi connectivity index (χ0v) is 17.0. The molecule has 1 aliphatic rings. The van der Waals surface area contributed by atoms with Gasteiger partial charge in [-0.15, -0.1) is 0 Å². The van der Waals surface area contributed by atoms with E-state index in [1.54, 1.807) is 17.0 Å². The van der Waals surface area contributed by atoms with Crippen LogP contribution in [-0.2, 0) is 11.2 Å². The van der Waals surface area contributed by atoms with Crippen LogP contribution in [0.1, 0.15) is 61.3 Å². The van der Waals surface area contributed by atoms with Crippen molar-refractivity contribution in [3.63, 3.8) is 0 Å². The summed E-state index contributed by atoms with van der Waals surface area (Å²) in [5, 5.41) is 3.25. The van der Waals surface area contributed by atoms with Crippen molar-refractivity contribution in [2.24, 2.45) is 11.8 Å². The predicted octanol–water partition coefficient (Wildman–Crippen LogP) is 4.21. The summed E-state index contributed by atoms with van der Waals surface area (Å²) in [5.74, 6) is 0.593. The molecule has 0 unspecified atom stereocenters. The summed E-state index contributed by atoms with van der Waals surface area (Å²) in [4.78, 5) is 27.0. The second-order valence-corrected chi connectivity index (χ2v) is 7.87.